The number of hydrogen-bond acceptors (Lipinski definition) is 3. The topological polar surface area (TPSA) is 37.8 Å². The van der Waals surface area contributed by atoms with Gasteiger partial charge in [0.1, 0.15) is 12.1 Å². The number of nitrogens with zero attached hydrogens (tertiary/aromatic N) is 2. The molecule has 2 rings (SSSR count). The van der Waals surface area contributed by atoms with E-state index in [0.717, 1.165) is 10.3 Å². The molecular formula is C9H12BrN3. The lowest BCUT2D eigenvalue weighted by Crippen LogP contribution is -2.42. The predicted molar refractivity (Wildman–Crippen MR) is 55.6 cm³/mol. The fourth-order valence-electron chi connectivity index (χ4n) is 1.52. The fourth-order valence-corrected chi connectivity index (χ4v) is 1.84. The molecule has 4 heteroatoms. The second kappa shape index (κ2) is 3.25. The summed E-state index contributed by atoms with van der Waals surface area (Å²) in [5, 5.41) is 3.43. The van der Waals surface area contributed by atoms with Gasteiger partial charge in [-0.2, -0.15) is 0 Å². The van der Waals surface area contributed by atoms with Crippen molar-refractivity contribution in [2.24, 2.45) is 0 Å². The van der Waals surface area contributed by atoms with Gasteiger partial charge in [-0.25, -0.2) is 9.97 Å². The maximum atomic E-state index is 4.18. The Hall–Kier alpha value is -0.640. The molecule has 13 heavy (non-hydrogen) atoms. The minimum absolute atomic E-state index is 0.247. The van der Waals surface area contributed by atoms with Crippen LogP contribution in [0.5, 0.6) is 0 Å². The van der Waals surface area contributed by atoms with Crippen LogP contribution >= 0.6 is 15.9 Å². The van der Waals surface area contributed by atoms with Crippen LogP contribution in [-0.4, -0.2) is 15.5 Å². The molecule has 0 spiro atoms. The fraction of sp³-hybridized carbons (Fsp3) is 0.556. The molecule has 1 aromatic rings. The van der Waals surface area contributed by atoms with E-state index in [1.165, 1.54) is 19.3 Å². The number of aromatic nitrogens is 2. The molecule has 0 radical (unpaired) electrons. The number of nitrogens with one attached hydrogen (secondary N) is 1. The lowest BCUT2D eigenvalue weighted by Gasteiger charge is -2.39. The largest absolute Gasteiger partial charge is 0.364 e. The van der Waals surface area contributed by atoms with Crippen molar-refractivity contribution < 1.29 is 0 Å². The molecule has 0 aromatic carbocycles. The Morgan fingerprint density at radius 3 is 2.85 bits per heavy atom. The molecule has 70 valence electrons. The quantitative estimate of drug-likeness (QED) is 0.866. The summed E-state index contributed by atoms with van der Waals surface area (Å²) in [6.07, 6.45) is 7.09. The van der Waals surface area contributed by atoms with E-state index >= 15 is 0 Å². The first kappa shape index (κ1) is 8.94. The SMILES string of the molecule is CC1(Nc2ncncc2Br)CCC1. The van der Waals surface area contributed by atoms with Crippen LogP contribution in [0.3, 0.4) is 0 Å². The Kier molecular flexibility index (Phi) is 2.24. The lowest BCUT2D eigenvalue weighted by molar-refractivity contribution is 0.305. The highest BCUT2D eigenvalue weighted by molar-refractivity contribution is 9.10. The van der Waals surface area contributed by atoms with E-state index in [1.807, 2.05) is 0 Å². The molecule has 1 saturated carbocycles. The monoisotopic (exact) mass is 241 g/mol. The lowest BCUT2D eigenvalue weighted by atomic mass is 9.78. The van der Waals surface area contributed by atoms with Crippen LogP contribution in [0.1, 0.15) is 26.2 Å². The molecule has 0 atom stereocenters. The molecule has 1 aliphatic rings. The summed E-state index contributed by atoms with van der Waals surface area (Å²) in [6, 6.07) is 0. The van der Waals surface area contributed by atoms with Gasteiger partial charge in [-0.3, -0.25) is 0 Å². The Balaban J connectivity index is 2.13. The zero-order chi connectivity index (χ0) is 9.31. The van der Waals surface area contributed by atoms with Gasteiger partial charge in [-0.05, 0) is 42.1 Å². The zero-order valence-corrected chi connectivity index (χ0v) is 9.13. The van der Waals surface area contributed by atoms with Crippen molar-refractivity contribution in [3.63, 3.8) is 0 Å². The van der Waals surface area contributed by atoms with Gasteiger partial charge >= 0.3 is 0 Å². The van der Waals surface area contributed by atoms with Crippen LogP contribution < -0.4 is 5.32 Å². The van der Waals surface area contributed by atoms with E-state index in [9.17, 15) is 0 Å². The first-order chi connectivity index (χ1) is 6.20. The van der Waals surface area contributed by atoms with E-state index in [1.54, 1.807) is 12.5 Å². The summed E-state index contributed by atoms with van der Waals surface area (Å²) in [7, 11) is 0. The second-order valence-corrected chi connectivity index (χ2v) is 4.61. The van der Waals surface area contributed by atoms with Gasteiger partial charge in [-0.15, -0.1) is 0 Å². The molecule has 1 N–H and O–H groups in total. The van der Waals surface area contributed by atoms with Crippen molar-refractivity contribution in [2.45, 2.75) is 31.7 Å². The Bertz CT molecular complexity index is 309. The minimum Gasteiger partial charge on any atom is -0.364 e. The zero-order valence-electron chi connectivity index (χ0n) is 7.55. The molecule has 0 saturated heterocycles. The van der Waals surface area contributed by atoms with Gasteiger partial charge in [-0.1, -0.05) is 0 Å². The maximum Gasteiger partial charge on any atom is 0.144 e. The molecule has 3 nitrogen and oxygen atoms in total. The average molecular weight is 242 g/mol. The van der Waals surface area contributed by atoms with Gasteiger partial charge in [0.15, 0.2) is 0 Å². The van der Waals surface area contributed by atoms with Crippen molar-refractivity contribution >= 4 is 21.7 Å². The maximum absolute atomic E-state index is 4.18. The second-order valence-electron chi connectivity index (χ2n) is 3.76. The van der Waals surface area contributed by atoms with E-state index in [-0.39, 0.29) is 5.54 Å². The Morgan fingerprint density at radius 1 is 1.54 bits per heavy atom. The third kappa shape index (κ3) is 1.82. The highest BCUT2D eigenvalue weighted by atomic mass is 79.9. The van der Waals surface area contributed by atoms with Crippen LogP contribution in [0.25, 0.3) is 0 Å². The summed E-state index contributed by atoms with van der Waals surface area (Å²) in [4.78, 5) is 8.10. The summed E-state index contributed by atoms with van der Waals surface area (Å²) < 4.78 is 0.933. The molecule has 1 heterocycles. The highest BCUT2D eigenvalue weighted by Crippen LogP contribution is 2.35. The van der Waals surface area contributed by atoms with Crippen molar-refractivity contribution in [2.75, 3.05) is 5.32 Å². The Morgan fingerprint density at radius 2 is 2.31 bits per heavy atom. The standard InChI is InChI=1S/C9H12BrN3/c1-9(3-2-4-9)13-8-7(10)5-11-6-12-8/h5-6H,2-4H2,1H3,(H,11,12,13). The predicted octanol–water partition coefficient (Wildman–Crippen LogP) is 2.59. The van der Waals surface area contributed by atoms with Crippen LogP contribution in [0.4, 0.5) is 5.82 Å². The molecule has 1 fully saturated rings. The number of rotatable bonds is 2. The molecule has 0 aliphatic heterocycles. The number of hydrogen-bond donors (Lipinski definition) is 1. The molecular weight excluding hydrogens is 230 g/mol. The summed E-state index contributed by atoms with van der Waals surface area (Å²) in [6.45, 7) is 2.23. The van der Waals surface area contributed by atoms with Crippen molar-refractivity contribution in [3.05, 3.63) is 17.0 Å². The van der Waals surface area contributed by atoms with E-state index in [0.29, 0.717) is 0 Å². The highest BCUT2D eigenvalue weighted by Gasteiger charge is 2.32. The summed E-state index contributed by atoms with van der Waals surface area (Å²) >= 11 is 3.41. The van der Waals surface area contributed by atoms with E-state index in [2.05, 4.69) is 38.1 Å². The van der Waals surface area contributed by atoms with Gasteiger partial charge in [0.25, 0.3) is 0 Å². The summed E-state index contributed by atoms with van der Waals surface area (Å²) in [5.41, 5.74) is 0.247. The molecule has 1 aliphatic carbocycles. The van der Waals surface area contributed by atoms with Crippen LogP contribution in [0.15, 0.2) is 17.0 Å². The third-order valence-electron chi connectivity index (χ3n) is 2.54. The van der Waals surface area contributed by atoms with Crippen molar-refractivity contribution in [3.8, 4) is 0 Å². The van der Waals surface area contributed by atoms with Crippen LogP contribution in [0.2, 0.25) is 0 Å². The van der Waals surface area contributed by atoms with Crippen LogP contribution in [0, 0.1) is 0 Å². The van der Waals surface area contributed by atoms with Gasteiger partial charge in [0.05, 0.1) is 4.47 Å². The molecule has 0 amide bonds. The van der Waals surface area contributed by atoms with E-state index in [4.69, 9.17) is 0 Å². The van der Waals surface area contributed by atoms with E-state index < -0.39 is 0 Å². The summed E-state index contributed by atoms with van der Waals surface area (Å²) in [5.74, 6) is 0.900. The molecule has 1 aromatic heterocycles. The molecule has 0 unspecified atom stereocenters. The minimum atomic E-state index is 0.247. The normalized spacial score (nSPS) is 19.2. The first-order valence-corrected chi connectivity index (χ1v) is 5.23. The first-order valence-electron chi connectivity index (χ1n) is 4.43. The average Bonchev–Trinajstić information content (AvgIpc) is 2.06. The van der Waals surface area contributed by atoms with Crippen molar-refractivity contribution in [1.82, 2.24) is 9.97 Å². The Labute approximate surface area is 86.1 Å². The third-order valence-corrected chi connectivity index (χ3v) is 3.13. The van der Waals surface area contributed by atoms with Gasteiger partial charge in [0.2, 0.25) is 0 Å². The van der Waals surface area contributed by atoms with Crippen LogP contribution in [-0.2, 0) is 0 Å². The number of halogens is 1. The van der Waals surface area contributed by atoms with Gasteiger partial charge in [0, 0.05) is 11.7 Å². The smallest absolute Gasteiger partial charge is 0.144 e. The van der Waals surface area contributed by atoms with Gasteiger partial charge < -0.3 is 5.32 Å². The molecule has 0 bridgehead atoms. The number of anilines is 1. The van der Waals surface area contributed by atoms with Crippen molar-refractivity contribution in [1.29, 1.82) is 0 Å².